The molecule has 110 valence electrons. The van der Waals surface area contributed by atoms with Crippen molar-refractivity contribution in [2.24, 2.45) is 11.7 Å². The largest absolute Gasteiger partial charge is 0.332 e. The van der Waals surface area contributed by atoms with E-state index in [0.717, 1.165) is 12.8 Å². The Balaban J connectivity index is 0.00000289. The number of hydrogen-bond donors (Lipinski definition) is 1. The SMILES string of the molecule is CCOP(=O)(CC(N)C1CCCCC1)OCC.Cl. The lowest BCUT2D eigenvalue weighted by Gasteiger charge is -2.29. The van der Waals surface area contributed by atoms with Crippen LogP contribution in [0.15, 0.2) is 0 Å². The van der Waals surface area contributed by atoms with Gasteiger partial charge in [0, 0.05) is 6.04 Å². The van der Waals surface area contributed by atoms with Crippen molar-refractivity contribution in [2.75, 3.05) is 19.4 Å². The maximum atomic E-state index is 12.3. The second-order valence-electron chi connectivity index (χ2n) is 4.69. The minimum Gasteiger partial charge on any atom is -0.327 e. The van der Waals surface area contributed by atoms with Gasteiger partial charge in [0.05, 0.1) is 19.4 Å². The zero-order valence-corrected chi connectivity index (χ0v) is 13.2. The van der Waals surface area contributed by atoms with Crippen LogP contribution in [0.2, 0.25) is 0 Å². The van der Waals surface area contributed by atoms with Crippen molar-refractivity contribution in [3.63, 3.8) is 0 Å². The topological polar surface area (TPSA) is 61.5 Å². The first kappa shape index (κ1) is 18.4. The van der Waals surface area contributed by atoms with Crippen LogP contribution in [0.25, 0.3) is 0 Å². The van der Waals surface area contributed by atoms with Crippen molar-refractivity contribution in [1.29, 1.82) is 0 Å². The van der Waals surface area contributed by atoms with Crippen LogP contribution in [0, 0.1) is 5.92 Å². The molecule has 0 spiro atoms. The van der Waals surface area contributed by atoms with Crippen LogP contribution in [-0.2, 0) is 13.6 Å². The third-order valence-corrected chi connectivity index (χ3v) is 5.51. The second kappa shape index (κ2) is 9.33. The number of hydrogen-bond acceptors (Lipinski definition) is 4. The van der Waals surface area contributed by atoms with E-state index >= 15 is 0 Å². The fourth-order valence-corrected chi connectivity index (χ4v) is 4.39. The summed E-state index contributed by atoms with van der Waals surface area (Å²) in [7, 11) is -2.97. The van der Waals surface area contributed by atoms with E-state index in [9.17, 15) is 4.57 Å². The van der Waals surface area contributed by atoms with E-state index < -0.39 is 7.60 Å². The molecule has 0 heterocycles. The first-order chi connectivity index (χ1) is 8.11. The van der Waals surface area contributed by atoms with Gasteiger partial charge < -0.3 is 14.8 Å². The third kappa shape index (κ3) is 6.03. The summed E-state index contributed by atoms with van der Waals surface area (Å²) in [6.07, 6.45) is 6.45. The predicted octanol–water partition coefficient (Wildman–Crippen LogP) is 3.58. The zero-order chi connectivity index (χ0) is 12.7. The molecule has 18 heavy (non-hydrogen) atoms. The van der Waals surface area contributed by atoms with Crippen LogP contribution in [0.1, 0.15) is 46.0 Å². The Morgan fingerprint density at radius 1 is 1.17 bits per heavy atom. The van der Waals surface area contributed by atoms with E-state index in [4.69, 9.17) is 14.8 Å². The molecule has 1 aliphatic carbocycles. The van der Waals surface area contributed by atoms with Gasteiger partial charge in [-0.15, -0.1) is 12.4 Å². The van der Waals surface area contributed by atoms with Crippen molar-refractivity contribution in [1.82, 2.24) is 0 Å². The molecular weight excluding hydrogens is 273 g/mol. The van der Waals surface area contributed by atoms with E-state index in [0.29, 0.717) is 25.3 Å². The van der Waals surface area contributed by atoms with Crippen LogP contribution < -0.4 is 5.73 Å². The standard InChI is InChI=1S/C12H26NO3P.ClH/c1-3-15-17(14,16-4-2)10-12(13)11-8-6-5-7-9-11;/h11-12H,3-10,13H2,1-2H3;1H. The molecule has 1 saturated carbocycles. The summed E-state index contributed by atoms with van der Waals surface area (Å²) in [4.78, 5) is 0. The van der Waals surface area contributed by atoms with Crippen LogP contribution in [0.4, 0.5) is 0 Å². The predicted molar refractivity (Wildman–Crippen MR) is 77.5 cm³/mol. The quantitative estimate of drug-likeness (QED) is 0.730. The highest BCUT2D eigenvalue weighted by Crippen LogP contribution is 2.49. The summed E-state index contributed by atoms with van der Waals surface area (Å²) < 4.78 is 22.9. The first-order valence-electron chi connectivity index (χ1n) is 6.75. The van der Waals surface area contributed by atoms with Crippen molar-refractivity contribution < 1.29 is 13.6 Å². The monoisotopic (exact) mass is 299 g/mol. The Hall–Kier alpha value is 0.400. The molecule has 0 radical (unpaired) electrons. The highest BCUT2D eigenvalue weighted by atomic mass is 35.5. The van der Waals surface area contributed by atoms with Gasteiger partial charge in [-0.1, -0.05) is 19.3 Å². The van der Waals surface area contributed by atoms with Crippen molar-refractivity contribution in [2.45, 2.75) is 52.0 Å². The molecule has 0 aromatic carbocycles. The minimum atomic E-state index is -2.97. The lowest BCUT2D eigenvalue weighted by atomic mass is 9.85. The van der Waals surface area contributed by atoms with Crippen LogP contribution in [0.5, 0.6) is 0 Å². The molecule has 0 aliphatic heterocycles. The Morgan fingerprint density at radius 3 is 2.11 bits per heavy atom. The molecule has 6 heteroatoms. The van der Waals surface area contributed by atoms with Crippen LogP contribution in [0.3, 0.4) is 0 Å². The second-order valence-corrected chi connectivity index (χ2v) is 6.79. The summed E-state index contributed by atoms with van der Waals surface area (Å²) in [5, 5.41) is 0. The summed E-state index contributed by atoms with van der Waals surface area (Å²) in [6.45, 7) is 4.49. The minimum absolute atomic E-state index is 0. The maximum absolute atomic E-state index is 12.3. The van der Waals surface area contributed by atoms with E-state index in [1.807, 2.05) is 13.8 Å². The zero-order valence-electron chi connectivity index (χ0n) is 11.5. The molecule has 1 fully saturated rings. The van der Waals surface area contributed by atoms with Gasteiger partial charge in [-0.2, -0.15) is 0 Å². The van der Waals surface area contributed by atoms with Gasteiger partial charge in [0.1, 0.15) is 0 Å². The summed E-state index contributed by atoms with van der Waals surface area (Å²) in [5.74, 6) is 0.484. The van der Waals surface area contributed by atoms with Gasteiger partial charge in [0.25, 0.3) is 0 Å². The average molecular weight is 300 g/mol. The molecule has 1 rings (SSSR count). The van der Waals surface area contributed by atoms with Crippen LogP contribution in [-0.4, -0.2) is 25.4 Å². The lowest BCUT2D eigenvalue weighted by molar-refractivity contribution is 0.212. The molecule has 0 aromatic rings. The van der Waals surface area contributed by atoms with Gasteiger partial charge in [0.2, 0.25) is 0 Å². The fourth-order valence-electron chi connectivity index (χ4n) is 2.51. The molecule has 0 saturated heterocycles. The molecule has 1 aliphatic rings. The van der Waals surface area contributed by atoms with E-state index in [-0.39, 0.29) is 18.4 Å². The highest BCUT2D eigenvalue weighted by Gasteiger charge is 2.31. The molecule has 0 amide bonds. The van der Waals surface area contributed by atoms with E-state index in [2.05, 4.69) is 0 Å². The molecule has 0 aromatic heterocycles. The highest BCUT2D eigenvalue weighted by molar-refractivity contribution is 7.53. The summed E-state index contributed by atoms with van der Waals surface area (Å²) in [6, 6.07) is -0.0563. The maximum Gasteiger partial charge on any atom is 0.332 e. The Bertz CT molecular complexity index is 250. The van der Waals surface area contributed by atoms with Crippen LogP contribution >= 0.6 is 20.0 Å². The number of rotatable bonds is 7. The molecule has 1 unspecified atom stereocenters. The van der Waals surface area contributed by atoms with Gasteiger partial charge in [-0.05, 0) is 32.6 Å². The Kier molecular flexibility index (Phi) is 9.53. The van der Waals surface area contributed by atoms with E-state index in [1.165, 1.54) is 19.3 Å². The van der Waals surface area contributed by atoms with E-state index in [1.54, 1.807) is 0 Å². The number of nitrogens with two attached hydrogens (primary N) is 1. The van der Waals surface area contributed by atoms with Gasteiger partial charge >= 0.3 is 7.60 Å². The normalized spacial score (nSPS) is 19.3. The summed E-state index contributed by atoms with van der Waals surface area (Å²) >= 11 is 0. The van der Waals surface area contributed by atoms with Crippen molar-refractivity contribution in [3.05, 3.63) is 0 Å². The first-order valence-corrected chi connectivity index (χ1v) is 8.47. The molecule has 1 atom stereocenters. The average Bonchev–Trinajstić information content (AvgIpc) is 2.30. The van der Waals surface area contributed by atoms with Gasteiger partial charge in [-0.3, -0.25) is 4.57 Å². The lowest BCUT2D eigenvalue weighted by Crippen LogP contribution is -2.35. The molecule has 4 nitrogen and oxygen atoms in total. The summed E-state index contributed by atoms with van der Waals surface area (Å²) in [5.41, 5.74) is 6.16. The molecule has 2 N–H and O–H groups in total. The smallest absolute Gasteiger partial charge is 0.327 e. The molecular formula is C12H27ClNO3P. The van der Waals surface area contributed by atoms with Crippen molar-refractivity contribution >= 4 is 20.0 Å². The van der Waals surface area contributed by atoms with Gasteiger partial charge in [0.15, 0.2) is 0 Å². The molecule has 0 bridgehead atoms. The van der Waals surface area contributed by atoms with Gasteiger partial charge in [-0.25, -0.2) is 0 Å². The van der Waals surface area contributed by atoms with Crippen molar-refractivity contribution in [3.8, 4) is 0 Å². The number of halogens is 1. The Morgan fingerprint density at radius 2 is 1.67 bits per heavy atom. The fraction of sp³-hybridized carbons (Fsp3) is 1.00. The third-order valence-electron chi connectivity index (χ3n) is 3.34. The Labute approximate surface area is 117 Å².